The molecule has 0 unspecified atom stereocenters. The molecule has 1 aliphatic heterocycles. The largest absolute Gasteiger partial charge is 0.487 e. The molecular weight excluding hydrogens is 280 g/mol. The van der Waals surface area contributed by atoms with Gasteiger partial charge in [-0.25, -0.2) is 0 Å². The predicted octanol–water partition coefficient (Wildman–Crippen LogP) is 2.42. The van der Waals surface area contributed by atoms with Crippen LogP contribution in [0.3, 0.4) is 0 Å². The van der Waals surface area contributed by atoms with Crippen LogP contribution in [0.25, 0.3) is 0 Å². The van der Waals surface area contributed by atoms with Crippen molar-refractivity contribution in [3.63, 3.8) is 0 Å². The maximum Gasteiger partial charge on any atom is 0.263 e. The summed E-state index contributed by atoms with van der Waals surface area (Å²) in [6.07, 6.45) is 1.36. The van der Waals surface area contributed by atoms with Crippen LogP contribution >= 0.6 is 0 Å². The van der Waals surface area contributed by atoms with Crippen LogP contribution in [0.5, 0.6) is 5.75 Å². The maximum absolute atomic E-state index is 12.8. The monoisotopic (exact) mass is 298 g/mol. The summed E-state index contributed by atoms with van der Waals surface area (Å²) >= 11 is 0. The quantitative estimate of drug-likeness (QED) is 0.879. The SMILES string of the molecule is Cc1ccc2c(c1)N(C(=O)c1c[nH]c(C)cc1=O)C[C@@H](C)O2. The molecule has 0 aliphatic carbocycles. The average Bonchev–Trinajstić information content (AvgIpc) is 2.46. The number of aryl methyl sites for hydroxylation is 2. The van der Waals surface area contributed by atoms with Gasteiger partial charge in [0.2, 0.25) is 0 Å². The van der Waals surface area contributed by atoms with E-state index < -0.39 is 0 Å². The summed E-state index contributed by atoms with van der Waals surface area (Å²) in [4.78, 5) is 29.4. The molecule has 2 heterocycles. The first-order valence-electron chi connectivity index (χ1n) is 7.24. The standard InChI is InChI=1S/C17H18N2O3/c1-10-4-5-16-14(6-10)19(9-12(3)22-16)17(21)13-8-18-11(2)7-15(13)20/h4-8,12H,9H2,1-3H3,(H,18,20)/t12-/m1/s1. The molecule has 0 saturated heterocycles. The van der Waals surface area contributed by atoms with E-state index in [0.29, 0.717) is 18.0 Å². The molecule has 3 rings (SSSR count). The second-order valence-corrected chi connectivity index (χ2v) is 5.71. The summed E-state index contributed by atoms with van der Waals surface area (Å²) in [5, 5.41) is 0. The van der Waals surface area contributed by atoms with Gasteiger partial charge >= 0.3 is 0 Å². The molecule has 22 heavy (non-hydrogen) atoms. The fourth-order valence-electron chi connectivity index (χ4n) is 2.63. The Bertz CT molecular complexity index is 795. The number of anilines is 1. The van der Waals surface area contributed by atoms with Gasteiger partial charge in [-0.05, 0) is 38.5 Å². The highest BCUT2D eigenvalue weighted by Gasteiger charge is 2.29. The topological polar surface area (TPSA) is 62.4 Å². The minimum absolute atomic E-state index is 0.122. The third-order valence-corrected chi connectivity index (χ3v) is 3.71. The zero-order valence-corrected chi connectivity index (χ0v) is 12.8. The van der Waals surface area contributed by atoms with Gasteiger partial charge in [-0.15, -0.1) is 0 Å². The van der Waals surface area contributed by atoms with Crippen LogP contribution in [0.1, 0.15) is 28.5 Å². The molecule has 1 N–H and O–H groups in total. The number of nitrogens with one attached hydrogen (secondary N) is 1. The highest BCUT2D eigenvalue weighted by atomic mass is 16.5. The third-order valence-electron chi connectivity index (χ3n) is 3.71. The minimum atomic E-state index is -0.303. The molecule has 1 aromatic carbocycles. The van der Waals surface area contributed by atoms with E-state index in [9.17, 15) is 9.59 Å². The molecule has 1 atom stereocenters. The van der Waals surface area contributed by atoms with Crippen molar-refractivity contribution in [3.8, 4) is 5.75 Å². The van der Waals surface area contributed by atoms with E-state index in [1.807, 2.05) is 32.0 Å². The van der Waals surface area contributed by atoms with Crippen molar-refractivity contribution in [2.75, 3.05) is 11.4 Å². The fraction of sp³-hybridized carbons (Fsp3) is 0.294. The van der Waals surface area contributed by atoms with Crippen molar-refractivity contribution in [1.29, 1.82) is 0 Å². The lowest BCUT2D eigenvalue weighted by molar-refractivity contribution is 0.0959. The summed E-state index contributed by atoms with van der Waals surface area (Å²) in [7, 11) is 0. The number of hydrogen-bond acceptors (Lipinski definition) is 3. The molecule has 1 aliphatic rings. The Morgan fingerprint density at radius 3 is 2.82 bits per heavy atom. The fourth-order valence-corrected chi connectivity index (χ4v) is 2.63. The average molecular weight is 298 g/mol. The summed E-state index contributed by atoms with van der Waals surface area (Å²) in [5.41, 5.74) is 2.35. The van der Waals surface area contributed by atoms with Crippen molar-refractivity contribution >= 4 is 11.6 Å². The number of carbonyl (C=O) groups is 1. The number of pyridine rings is 1. The maximum atomic E-state index is 12.8. The molecule has 0 fully saturated rings. The van der Waals surface area contributed by atoms with Crippen LogP contribution in [0.15, 0.2) is 35.3 Å². The molecule has 0 radical (unpaired) electrons. The number of carbonyl (C=O) groups excluding carboxylic acids is 1. The normalized spacial score (nSPS) is 16.9. The molecule has 2 aromatic rings. The number of aromatic amines is 1. The Kier molecular flexibility index (Phi) is 3.48. The van der Waals surface area contributed by atoms with E-state index in [-0.39, 0.29) is 23.0 Å². The van der Waals surface area contributed by atoms with Crippen molar-refractivity contribution in [2.24, 2.45) is 0 Å². The van der Waals surface area contributed by atoms with E-state index in [2.05, 4.69) is 4.98 Å². The lowest BCUT2D eigenvalue weighted by Gasteiger charge is -2.33. The summed E-state index contributed by atoms with van der Waals surface area (Å²) in [6, 6.07) is 7.15. The van der Waals surface area contributed by atoms with Gasteiger partial charge in [-0.1, -0.05) is 6.07 Å². The number of rotatable bonds is 1. The molecule has 0 spiro atoms. The number of nitrogens with zero attached hydrogens (tertiary/aromatic N) is 1. The first-order valence-corrected chi connectivity index (χ1v) is 7.24. The third kappa shape index (κ3) is 2.50. The number of H-pyrrole nitrogens is 1. The minimum Gasteiger partial charge on any atom is -0.487 e. The van der Waals surface area contributed by atoms with E-state index in [1.54, 1.807) is 11.8 Å². The Morgan fingerprint density at radius 1 is 1.32 bits per heavy atom. The molecule has 1 aromatic heterocycles. The van der Waals surface area contributed by atoms with Crippen molar-refractivity contribution in [2.45, 2.75) is 26.9 Å². The van der Waals surface area contributed by atoms with Crippen LogP contribution in [-0.2, 0) is 0 Å². The molecule has 0 bridgehead atoms. The van der Waals surface area contributed by atoms with Gasteiger partial charge in [0.25, 0.3) is 5.91 Å². The van der Waals surface area contributed by atoms with E-state index in [4.69, 9.17) is 4.74 Å². The smallest absolute Gasteiger partial charge is 0.263 e. The Hall–Kier alpha value is -2.56. The molecule has 1 amide bonds. The first-order chi connectivity index (χ1) is 10.5. The van der Waals surface area contributed by atoms with Crippen LogP contribution in [-0.4, -0.2) is 23.5 Å². The number of hydrogen-bond donors (Lipinski definition) is 1. The van der Waals surface area contributed by atoms with E-state index in [0.717, 1.165) is 11.3 Å². The molecule has 5 heteroatoms. The Labute approximate surface area is 128 Å². The van der Waals surface area contributed by atoms with Gasteiger partial charge in [0.15, 0.2) is 5.43 Å². The number of benzene rings is 1. The highest BCUT2D eigenvalue weighted by Crippen LogP contribution is 2.34. The van der Waals surface area contributed by atoms with E-state index >= 15 is 0 Å². The van der Waals surface area contributed by atoms with Crippen molar-refractivity contribution < 1.29 is 9.53 Å². The van der Waals surface area contributed by atoms with Crippen molar-refractivity contribution in [1.82, 2.24) is 4.98 Å². The summed E-state index contributed by atoms with van der Waals surface area (Å²) in [6.45, 7) is 6.07. The molecule has 0 saturated carbocycles. The van der Waals surface area contributed by atoms with Crippen LogP contribution in [0, 0.1) is 13.8 Å². The Morgan fingerprint density at radius 2 is 2.09 bits per heavy atom. The summed E-state index contributed by atoms with van der Waals surface area (Å²) < 4.78 is 5.77. The zero-order chi connectivity index (χ0) is 15.9. The highest BCUT2D eigenvalue weighted by molar-refractivity contribution is 6.07. The first kappa shape index (κ1) is 14.4. The lowest BCUT2D eigenvalue weighted by Crippen LogP contribution is -2.43. The van der Waals surface area contributed by atoms with Gasteiger partial charge < -0.3 is 14.6 Å². The van der Waals surface area contributed by atoms with Gasteiger partial charge in [0.1, 0.15) is 17.4 Å². The predicted molar refractivity (Wildman–Crippen MR) is 84.7 cm³/mol. The molecular formula is C17H18N2O3. The van der Waals surface area contributed by atoms with Gasteiger partial charge in [-0.2, -0.15) is 0 Å². The van der Waals surface area contributed by atoms with Gasteiger partial charge in [0, 0.05) is 18.0 Å². The number of ether oxygens (including phenoxy) is 1. The van der Waals surface area contributed by atoms with Crippen molar-refractivity contribution in [3.05, 3.63) is 57.5 Å². The molecule has 5 nitrogen and oxygen atoms in total. The number of fused-ring (bicyclic) bond motifs is 1. The van der Waals surface area contributed by atoms with Gasteiger partial charge in [0.05, 0.1) is 12.2 Å². The summed E-state index contributed by atoms with van der Waals surface area (Å²) in [5.74, 6) is 0.365. The van der Waals surface area contributed by atoms with Crippen LogP contribution in [0.2, 0.25) is 0 Å². The number of aromatic nitrogens is 1. The second kappa shape index (κ2) is 5.33. The molecule has 114 valence electrons. The zero-order valence-electron chi connectivity index (χ0n) is 12.8. The van der Waals surface area contributed by atoms with E-state index in [1.165, 1.54) is 12.3 Å². The second-order valence-electron chi connectivity index (χ2n) is 5.71. The van der Waals surface area contributed by atoms with Gasteiger partial charge in [-0.3, -0.25) is 9.59 Å². The Balaban J connectivity index is 2.06. The van der Waals surface area contributed by atoms with Crippen LogP contribution in [0.4, 0.5) is 5.69 Å². The van der Waals surface area contributed by atoms with Crippen LogP contribution < -0.4 is 15.1 Å². The lowest BCUT2D eigenvalue weighted by atomic mass is 10.1. The number of amides is 1.